The lowest BCUT2D eigenvalue weighted by molar-refractivity contribution is 0.305. The molecule has 3 N–H and O–H groups in total. The molecule has 4 heteroatoms. The molecule has 0 amide bonds. The van der Waals surface area contributed by atoms with Crippen molar-refractivity contribution >= 4 is 11.6 Å². The summed E-state index contributed by atoms with van der Waals surface area (Å²) < 4.78 is 0. The molecule has 106 valence electrons. The highest BCUT2D eigenvalue weighted by molar-refractivity contribution is 6.31. The van der Waals surface area contributed by atoms with Crippen LogP contribution in [0.3, 0.4) is 0 Å². The van der Waals surface area contributed by atoms with Crippen molar-refractivity contribution in [3.05, 3.63) is 28.3 Å². The Morgan fingerprint density at radius 2 is 2.16 bits per heavy atom. The van der Waals surface area contributed by atoms with Gasteiger partial charge in [0.05, 0.1) is 0 Å². The van der Waals surface area contributed by atoms with Gasteiger partial charge in [0.2, 0.25) is 0 Å². The standard InChI is InChI=1S/C15H23ClN2O/c1-9(2)11-6-15(19)12(5-13(11)16)14-4-10(7-17)8-18(14)3/h5-6,9-10,14,19H,4,7-8,17H2,1-3H3. The zero-order valence-corrected chi connectivity index (χ0v) is 12.6. The maximum atomic E-state index is 10.3. The summed E-state index contributed by atoms with van der Waals surface area (Å²) >= 11 is 6.34. The third-order valence-corrected chi connectivity index (χ3v) is 4.42. The third-order valence-electron chi connectivity index (χ3n) is 4.10. The summed E-state index contributed by atoms with van der Waals surface area (Å²) in [5, 5.41) is 11.0. The number of halogens is 1. The highest BCUT2D eigenvalue weighted by Crippen LogP contribution is 2.41. The highest BCUT2D eigenvalue weighted by atomic mass is 35.5. The van der Waals surface area contributed by atoms with Gasteiger partial charge in [-0.15, -0.1) is 0 Å². The molecule has 0 saturated carbocycles. The molecule has 19 heavy (non-hydrogen) atoms. The van der Waals surface area contributed by atoms with Crippen LogP contribution in [0, 0.1) is 5.92 Å². The van der Waals surface area contributed by atoms with Gasteiger partial charge in [-0.2, -0.15) is 0 Å². The van der Waals surface area contributed by atoms with E-state index in [9.17, 15) is 5.11 Å². The van der Waals surface area contributed by atoms with Gasteiger partial charge in [-0.3, -0.25) is 4.90 Å². The number of nitrogens with two attached hydrogens (primary N) is 1. The molecule has 3 nitrogen and oxygen atoms in total. The molecule has 0 aromatic heterocycles. The first-order valence-corrected chi connectivity index (χ1v) is 7.24. The van der Waals surface area contributed by atoms with Crippen LogP contribution in [-0.2, 0) is 0 Å². The minimum atomic E-state index is 0.215. The maximum Gasteiger partial charge on any atom is 0.120 e. The van der Waals surface area contributed by atoms with Crippen molar-refractivity contribution < 1.29 is 5.11 Å². The Balaban J connectivity index is 2.33. The zero-order valence-electron chi connectivity index (χ0n) is 11.9. The Labute approximate surface area is 120 Å². The van der Waals surface area contributed by atoms with E-state index < -0.39 is 0 Å². The van der Waals surface area contributed by atoms with Crippen LogP contribution in [0.1, 0.15) is 43.4 Å². The molecule has 2 atom stereocenters. The van der Waals surface area contributed by atoms with Gasteiger partial charge in [-0.25, -0.2) is 0 Å². The summed E-state index contributed by atoms with van der Waals surface area (Å²) in [6.45, 7) is 5.82. The van der Waals surface area contributed by atoms with E-state index in [1.54, 1.807) is 0 Å². The normalized spacial score (nSPS) is 24.3. The minimum absolute atomic E-state index is 0.215. The Morgan fingerprint density at radius 3 is 2.68 bits per heavy atom. The SMILES string of the molecule is CC(C)c1cc(O)c(C2CC(CN)CN2C)cc1Cl. The molecule has 1 aromatic rings. The lowest BCUT2D eigenvalue weighted by atomic mass is 9.95. The first kappa shape index (κ1) is 14.6. The summed E-state index contributed by atoms with van der Waals surface area (Å²) in [6.07, 6.45) is 0.984. The van der Waals surface area contributed by atoms with Crippen LogP contribution < -0.4 is 5.73 Å². The minimum Gasteiger partial charge on any atom is -0.508 e. The smallest absolute Gasteiger partial charge is 0.120 e. The molecular formula is C15H23ClN2O. The number of benzene rings is 1. The van der Waals surface area contributed by atoms with Crippen molar-refractivity contribution in [1.82, 2.24) is 4.90 Å². The van der Waals surface area contributed by atoms with Crippen molar-refractivity contribution in [2.75, 3.05) is 20.1 Å². The van der Waals surface area contributed by atoms with E-state index in [-0.39, 0.29) is 6.04 Å². The summed E-state index contributed by atoms with van der Waals surface area (Å²) in [6, 6.07) is 3.95. The molecule has 1 aromatic carbocycles. The molecule has 1 fully saturated rings. The Bertz CT molecular complexity index is 462. The molecule has 1 heterocycles. The summed E-state index contributed by atoms with van der Waals surface area (Å²) in [5.41, 5.74) is 7.68. The second-order valence-corrected chi connectivity index (χ2v) is 6.29. The van der Waals surface area contributed by atoms with Gasteiger partial charge in [0.25, 0.3) is 0 Å². The van der Waals surface area contributed by atoms with E-state index in [0.717, 1.165) is 29.1 Å². The molecule has 1 saturated heterocycles. The zero-order chi connectivity index (χ0) is 14.2. The Kier molecular flexibility index (Phi) is 4.39. The number of phenolic OH excluding ortho intramolecular Hbond substituents is 1. The Morgan fingerprint density at radius 1 is 1.47 bits per heavy atom. The fourth-order valence-corrected chi connectivity index (χ4v) is 3.33. The van der Waals surface area contributed by atoms with Gasteiger partial charge in [-0.1, -0.05) is 25.4 Å². The largest absolute Gasteiger partial charge is 0.508 e. The number of aromatic hydroxyl groups is 1. The van der Waals surface area contributed by atoms with Crippen molar-refractivity contribution in [2.45, 2.75) is 32.2 Å². The van der Waals surface area contributed by atoms with Gasteiger partial charge in [0, 0.05) is 23.2 Å². The second kappa shape index (κ2) is 5.70. The van der Waals surface area contributed by atoms with Crippen LogP contribution in [0.25, 0.3) is 0 Å². The number of likely N-dealkylation sites (tertiary alicyclic amines) is 1. The molecule has 2 rings (SSSR count). The molecule has 1 aliphatic rings. The topological polar surface area (TPSA) is 49.5 Å². The fraction of sp³-hybridized carbons (Fsp3) is 0.600. The summed E-state index contributed by atoms with van der Waals surface area (Å²) in [5.74, 6) is 1.16. The van der Waals surface area contributed by atoms with Gasteiger partial charge < -0.3 is 10.8 Å². The van der Waals surface area contributed by atoms with Crippen molar-refractivity contribution in [2.24, 2.45) is 11.7 Å². The van der Waals surface area contributed by atoms with E-state index in [1.807, 2.05) is 12.1 Å². The third kappa shape index (κ3) is 2.88. The summed E-state index contributed by atoms with van der Waals surface area (Å²) in [4.78, 5) is 2.25. The van der Waals surface area contributed by atoms with Crippen LogP contribution in [-0.4, -0.2) is 30.1 Å². The predicted octanol–water partition coefficient (Wildman–Crippen LogP) is 3.12. The van der Waals surface area contributed by atoms with E-state index >= 15 is 0 Å². The molecule has 0 bridgehead atoms. The van der Waals surface area contributed by atoms with Crippen LogP contribution in [0.2, 0.25) is 5.02 Å². The summed E-state index contributed by atoms with van der Waals surface area (Å²) in [7, 11) is 2.07. The highest BCUT2D eigenvalue weighted by Gasteiger charge is 2.31. The van der Waals surface area contributed by atoms with Crippen LogP contribution in [0.15, 0.2) is 12.1 Å². The average Bonchev–Trinajstić information content (AvgIpc) is 2.72. The first-order chi connectivity index (χ1) is 8.93. The van der Waals surface area contributed by atoms with E-state index in [1.165, 1.54) is 0 Å². The maximum absolute atomic E-state index is 10.3. The van der Waals surface area contributed by atoms with Crippen LogP contribution in [0.5, 0.6) is 5.75 Å². The quantitative estimate of drug-likeness (QED) is 0.895. The second-order valence-electron chi connectivity index (χ2n) is 5.88. The predicted molar refractivity (Wildman–Crippen MR) is 79.7 cm³/mol. The first-order valence-electron chi connectivity index (χ1n) is 6.86. The lowest BCUT2D eigenvalue weighted by Gasteiger charge is -2.22. The molecule has 0 spiro atoms. The number of nitrogens with zero attached hydrogens (tertiary/aromatic N) is 1. The van der Waals surface area contributed by atoms with E-state index in [2.05, 4.69) is 25.8 Å². The van der Waals surface area contributed by atoms with E-state index in [4.69, 9.17) is 17.3 Å². The lowest BCUT2D eigenvalue weighted by Crippen LogP contribution is -2.20. The van der Waals surface area contributed by atoms with Crippen molar-refractivity contribution in [3.8, 4) is 5.75 Å². The fourth-order valence-electron chi connectivity index (χ4n) is 2.94. The van der Waals surface area contributed by atoms with Crippen LogP contribution >= 0.6 is 11.6 Å². The monoisotopic (exact) mass is 282 g/mol. The van der Waals surface area contributed by atoms with Crippen molar-refractivity contribution in [3.63, 3.8) is 0 Å². The van der Waals surface area contributed by atoms with Gasteiger partial charge in [-0.05, 0) is 49.5 Å². The van der Waals surface area contributed by atoms with Crippen molar-refractivity contribution in [1.29, 1.82) is 0 Å². The number of rotatable bonds is 3. The average molecular weight is 283 g/mol. The molecule has 0 aliphatic carbocycles. The Hall–Kier alpha value is -0.770. The molecular weight excluding hydrogens is 260 g/mol. The van der Waals surface area contributed by atoms with Gasteiger partial charge >= 0.3 is 0 Å². The molecule has 0 radical (unpaired) electrons. The number of phenols is 1. The van der Waals surface area contributed by atoms with Crippen LogP contribution in [0.4, 0.5) is 0 Å². The van der Waals surface area contributed by atoms with Gasteiger partial charge in [0.15, 0.2) is 0 Å². The molecule has 2 unspecified atom stereocenters. The molecule has 1 aliphatic heterocycles. The number of hydrogen-bond acceptors (Lipinski definition) is 3. The van der Waals surface area contributed by atoms with E-state index in [0.29, 0.717) is 24.1 Å². The number of hydrogen-bond donors (Lipinski definition) is 2. The van der Waals surface area contributed by atoms with Gasteiger partial charge in [0.1, 0.15) is 5.75 Å².